The average molecular weight is 243 g/mol. The van der Waals surface area contributed by atoms with Crippen LogP contribution < -0.4 is 5.56 Å². The Labute approximate surface area is 103 Å². The maximum Gasteiger partial charge on any atom is 0.289 e. The summed E-state index contributed by atoms with van der Waals surface area (Å²) in [6, 6.07) is 7.02. The van der Waals surface area contributed by atoms with Gasteiger partial charge >= 0.3 is 0 Å². The van der Waals surface area contributed by atoms with E-state index in [0.29, 0.717) is 10.9 Å². The van der Waals surface area contributed by atoms with E-state index in [-0.39, 0.29) is 17.3 Å². The first-order chi connectivity index (χ1) is 8.75. The summed E-state index contributed by atoms with van der Waals surface area (Å²) >= 11 is 0. The highest BCUT2D eigenvalue weighted by Crippen LogP contribution is 2.11. The van der Waals surface area contributed by atoms with E-state index in [1.807, 2.05) is 0 Å². The van der Waals surface area contributed by atoms with Crippen LogP contribution in [0.15, 0.2) is 29.1 Å². The van der Waals surface area contributed by atoms with E-state index in [1.165, 1.54) is 0 Å². The number of aromatic nitrogens is 2. The molecule has 1 aliphatic heterocycles. The summed E-state index contributed by atoms with van der Waals surface area (Å²) in [5.74, 6) is -0.0454. The number of hydrogen-bond acceptors (Lipinski definition) is 3. The standard InChI is InChI=1S/C13H13N3O2/c17-12-9-5-1-2-6-10(9)14-11(15-12)13(18)16-7-3-4-8-16/h1-2,5-6H,3-4,7-8H2,(H,14,15,17). The third kappa shape index (κ3) is 1.77. The molecule has 0 bridgehead atoms. The summed E-state index contributed by atoms with van der Waals surface area (Å²) in [5.41, 5.74) is 0.298. The van der Waals surface area contributed by atoms with Crippen LogP contribution in [0, 0.1) is 0 Å². The molecule has 0 atom stereocenters. The molecule has 2 aromatic rings. The number of para-hydroxylation sites is 1. The second-order valence-electron chi connectivity index (χ2n) is 4.43. The summed E-state index contributed by atoms with van der Waals surface area (Å²) in [4.78, 5) is 32.5. The molecule has 3 rings (SSSR count). The van der Waals surface area contributed by atoms with Crippen molar-refractivity contribution >= 4 is 16.8 Å². The van der Waals surface area contributed by atoms with Gasteiger partial charge in [0, 0.05) is 13.1 Å². The Morgan fingerprint density at radius 3 is 2.72 bits per heavy atom. The van der Waals surface area contributed by atoms with Crippen LogP contribution in [-0.4, -0.2) is 33.9 Å². The molecule has 0 aliphatic carbocycles. The van der Waals surface area contributed by atoms with Crippen LogP contribution >= 0.6 is 0 Å². The molecule has 0 unspecified atom stereocenters. The molecule has 0 spiro atoms. The highest BCUT2D eigenvalue weighted by atomic mass is 16.2. The molecule has 2 heterocycles. The second kappa shape index (κ2) is 4.25. The zero-order valence-corrected chi connectivity index (χ0v) is 9.85. The first-order valence-electron chi connectivity index (χ1n) is 6.04. The number of carbonyl (C=O) groups is 1. The molecule has 92 valence electrons. The van der Waals surface area contributed by atoms with Gasteiger partial charge in [0.2, 0.25) is 0 Å². The van der Waals surface area contributed by atoms with Gasteiger partial charge in [-0.15, -0.1) is 0 Å². The van der Waals surface area contributed by atoms with Crippen molar-refractivity contribution in [1.29, 1.82) is 0 Å². The van der Waals surface area contributed by atoms with Crippen molar-refractivity contribution in [3.05, 3.63) is 40.4 Å². The number of carbonyl (C=O) groups excluding carboxylic acids is 1. The van der Waals surface area contributed by atoms with Gasteiger partial charge < -0.3 is 9.88 Å². The molecule has 1 aliphatic rings. The van der Waals surface area contributed by atoms with Crippen molar-refractivity contribution in [1.82, 2.24) is 14.9 Å². The van der Waals surface area contributed by atoms with Crippen molar-refractivity contribution in [2.45, 2.75) is 12.8 Å². The van der Waals surface area contributed by atoms with E-state index in [1.54, 1.807) is 29.2 Å². The highest BCUT2D eigenvalue weighted by molar-refractivity contribution is 5.92. The molecule has 1 amide bonds. The van der Waals surface area contributed by atoms with Gasteiger partial charge in [0.15, 0.2) is 5.82 Å². The zero-order valence-electron chi connectivity index (χ0n) is 9.85. The average Bonchev–Trinajstić information content (AvgIpc) is 2.91. The second-order valence-corrected chi connectivity index (χ2v) is 4.43. The van der Waals surface area contributed by atoms with Crippen LogP contribution in [0.5, 0.6) is 0 Å². The number of hydrogen-bond donors (Lipinski definition) is 1. The number of fused-ring (bicyclic) bond motifs is 1. The van der Waals surface area contributed by atoms with Gasteiger partial charge in [0.1, 0.15) is 0 Å². The van der Waals surface area contributed by atoms with Crippen molar-refractivity contribution in [3.8, 4) is 0 Å². The highest BCUT2D eigenvalue weighted by Gasteiger charge is 2.21. The van der Waals surface area contributed by atoms with Crippen LogP contribution in [0.2, 0.25) is 0 Å². The molecule has 5 heteroatoms. The number of aromatic amines is 1. The van der Waals surface area contributed by atoms with Gasteiger partial charge in [0.05, 0.1) is 10.9 Å². The third-order valence-electron chi connectivity index (χ3n) is 3.21. The monoisotopic (exact) mass is 243 g/mol. The molecule has 0 radical (unpaired) electrons. The Morgan fingerprint density at radius 2 is 1.94 bits per heavy atom. The fourth-order valence-corrected chi connectivity index (χ4v) is 2.26. The lowest BCUT2D eigenvalue weighted by Gasteiger charge is -2.14. The summed E-state index contributed by atoms with van der Waals surface area (Å²) in [5, 5.41) is 0.510. The van der Waals surface area contributed by atoms with Gasteiger partial charge in [0.25, 0.3) is 11.5 Å². The quantitative estimate of drug-likeness (QED) is 0.817. The summed E-state index contributed by atoms with van der Waals surface area (Å²) in [6.07, 6.45) is 2.03. The molecule has 0 saturated carbocycles. The topological polar surface area (TPSA) is 66.1 Å². The lowest BCUT2D eigenvalue weighted by molar-refractivity contribution is 0.0781. The number of amides is 1. The maximum atomic E-state index is 12.1. The number of H-pyrrole nitrogens is 1. The van der Waals surface area contributed by atoms with Gasteiger partial charge in [-0.3, -0.25) is 9.59 Å². The summed E-state index contributed by atoms with van der Waals surface area (Å²) in [6.45, 7) is 1.49. The molecule has 1 fully saturated rings. The van der Waals surface area contributed by atoms with E-state index < -0.39 is 0 Å². The lowest BCUT2D eigenvalue weighted by Crippen LogP contribution is -2.31. The molecule has 1 aromatic carbocycles. The fraction of sp³-hybridized carbons (Fsp3) is 0.308. The van der Waals surface area contributed by atoms with Gasteiger partial charge in [-0.1, -0.05) is 12.1 Å². The lowest BCUT2D eigenvalue weighted by atomic mass is 10.2. The largest absolute Gasteiger partial charge is 0.336 e. The predicted octanol–water partition coefficient (Wildman–Crippen LogP) is 1.16. The Hall–Kier alpha value is -2.17. The van der Waals surface area contributed by atoms with E-state index in [9.17, 15) is 9.59 Å². The molecular weight excluding hydrogens is 230 g/mol. The first kappa shape index (κ1) is 11.0. The number of benzene rings is 1. The molecule has 1 N–H and O–H groups in total. The minimum Gasteiger partial charge on any atom is -0.336 e. The van der Waals surface area contributed by atoms with E-state index in [4.69, 9.17) is 0 Å². The fourth-order valence-electron chi connectivity index (χ4n) is 2.26. The van der Waals surface area contributed by atoms with Gasteiger partial charge in [-0.25, -0.2) is 4.98 Å². The van der Waals surface area contributed by atoms with Crippen LogP contribution in [0.4, 0.5) is 0 Å². The van der Waals surface area contributed by atoms with Gasteiger partial charge in [-0.2, -0.15) is 0 Å². The Balaban J connectivity index is 2.07. The molecular formula is C13H13N3O2. The van der Waals surface area contributed by atoms with Crippen LogP contribution in [0.1, 0.15) is 23.5 Å². The van der Waals surface area contributed by atoms with Crippen LogP contribution in [0.3, 0.4) is 0 Å². The Morgan fingerprint density at radius 1 is 1.22 bits per heavy atom. The number of nitrogens with zero attached hydrogens (tertiary/aromatic N) is 2. The molecule has 1 aromatic heterocycles. The van der Waals surface area contributed by atoms with Crippen LogP contribution in [0.25, 0.3) is 10.9 Å². The Kier molecular flexibility index (Phi) is 2.59. The third-order valence-corrected chi connectivity index (χ3v) is 3.21. The van der Waals surface area contributed by atoms with Crippen molar-refractivity contribution in [2.24, 2.45) is 0 Å². The van der Waals surface area contributed by atoms with Crippen molar-refractivity contribution in [3.63, 3.8) is 0 Å². The number of rotatable bonds is 1. The summed E-state index contributed by atoms with van der Waals surface area (Å²) in [7, 11) is 0. The van der Waals surface area contributed by atoms with Crippen molar-refractivity contribution in [2.75, 3.05) is 13.1 Å². The first-order valence-corrected chi connectivity index (χ1v) is 6.04. The van der Waals surface area contributed by atoms with Gasteiger partial charge in [-0.05, 0) is 25.0 Å². The normalized spacial score (nSPS) is 15.2. The zero-order chi connectivity index (χ0) is 12.5. The van der Waals surface area contributed by atoms with Crippen molar-refractivity contribution < 1.29 is 4.79 Å². The SMILES string of the molecule is O=C(c1nc2ccccc2c(=O)[nH]1)N1CCCC1. The molecule has 1 saturated heterocycles. The number of likely N-dealkylation sites (tertiary alicyclic amines) is 1. The Bertz CT molecular complexity index is 657. The summed E-state index contributed by atoms with van der Waals surface area (Å²) < 4.78 is 0. The molecule has 18 heavy (non-hydrogen) atoms. The maximum absolute atomic E-state index is 12.1. The smallest absolute Gasteiger partial charge is 0.289 e. The van der Waals surface area contributed by atoms with E-state index in [2.05, 4.69) is 9.97 Å². The molecule has 5 nitrogen and oxygen atoms in total. The minimum atomic E-state index is -0.261. The van der Waals surface area contributed by atoms with Crippen LogP contribution in [-0.2, 0) is 0 Å². The van der Waals surface area contributed by atoms with E-state index in [0.717, 1.165) is 25.9 Å². The van der Waals surface area contributed by atoms with E-state index >= 15 is 0 Å². The predicted molar refractivity (Wildman–Crippen MR) is 67.5 cm³/mol. The minimum absolute atomic E-state index is 0.139. The number of nitrogens with one attached hydrogen (secondary N) is 1.